The van der Waals surface area contributed by atoms with Crippen LogP contribution in [0, 0.1) is 13.8 Å². The maximum atomic E-state index is 2.80. The van der Waals surface area contributed by atoms with E-state index in [4.69, 9.17) is 0 Å². The lowest BCUT2D eigenvalue weighted by molar-refractivity contribution is 0.519. The molecule has 1 aromatic carbocycles. The van der Waals surface area contributed by atoms with Crippen molar-refractivity contribution < 1.29 is 0 Å². The third-order valence-electron chi connectivity index (χ3n) is 11.6. The Kier molecular flexibility index (Phi) is 22.8. The zero-order chi connectivity index (χ0) is 32.3. The summed E-state index contributed by atoms with van der Waals surface area (Å²) in [5.74, 6) is 0. The smallest absolute Gasteiger partial charge is 0.0400 e. The van der Waals surface area contributed by atoms with Crippen molar-refractivity contribution in [3.8, 4) is 0 Å². The Morgan fingerprint density at radius 3 is 0.587 bits per heavy atom. The molecular weight excluding hydrogens is 556 g/mol. The van der Waals surface area contributed by atoms with Gasteiger partial charge in [-0.2, -0.15) is 0 Å². The number of hydrogen-bond acceptors (Lipinski definition) is 2. The first kappa shape index (κ1) is 39.3. The van der Waals surface area contributed by atoms with Crippen LogP contribution in [0.25, 0.3) is 0 Å². The van der Waals surface area contributed by atoms with Gasteiger partial charge in [0.2, 0.25) is 0 Å². The van der Waals surface area contributed by atoms with E-state index in [9.17, 15) is 0 Å². The average molecular weight is 637 g/mol. The Morgan fingerprint density at radius 1 is 0.261 bits per heavy atom. The first-order valence-electron chi connectivity index (χ1n) is 21.4. The van der Waals surface area contributed by atoms with E-state index in [1.807, 2.05) is 0 Å². The van der Waals surface area contributed by atoms with Crippen molar-refractivity contribution in [2.45, 2.75) is 219 Å². The van der Waals surface area contributed by atoms with Crippen LogP contribution in [0.4, 0.5) is 11.4 Å². The molecule has 0 aliphatic carbocycles. The fourth-order valence-electron chi connectivity index (χ4n) is 8.34. The van der Waals surface area contributed by atoms with Crippen molar-refractivity contribution in [1.82, 2.24) is 0 Å². The lowest BCUT2D eigenvalue weighted by Crippen LogP contribution is -2.29. The van der Waals surface area contributed by atoms with Gasteiger partial charge in [-0.3, -0.25) is 0 Å². The Labute approximate surface area is 289 Å². The highest BCUT2D eigenvalue weighted by molar-refractivity contribution is 5.67. The second-order valence-electron chi connectivity index (χ2n) is 15.6. The molecule has 0 N–H and O–H groups in total. The molecule has 2 heteroatoms. The molecule has 0 saturated heterocycles. The highest BCUT2D eigenvalue weighted by Gasteiger charge is 2.17. The first-order chi connectivity index (χ1) is 22.8. The minimum Gasteiger partial charge on any atom is -0.371 e. The first-order valence-corrected chi connectivity index (χ1v) is 21.4. The number of rotatable bonds is 0. The quantitative estimate of drug-likeness (QED) is 0.279. The normalized spacial score (nSPS) is 22.4. The standard InChI is InChI=1S/C44H80N2/c1-41-42(2)44-36-35-43(41)45-37-31-27-23-19-15-11-7-3-5-9-13-17-21-25-29-33-39-46(44)40-34-30-26-22-18-14-10-6-4-8-12-16-20-24-28-32-38-45/h35-36H,3-34,37-40H2,1-2H3. The molecule has 4 aliphatic rings. The predicted molar refractivity (Wildman–Crippen MR) is 208 cm³/mol. The van der Waals surface area contributed by atoms with Crippen molar-refractivity contribution in [3.63, 3.8) is 0 Å². The Morgan fingerprint density at radius 2 is 0.413 bits per heavy atom. The summed E-state index contributed by atoms with van der Waals surface area (Å²) >= 11 is 0. The number of fused-ring (bicyclic) bond motifs is 34. The summed E-state index contributed by atoms with van der Waals surface area (Å²) in [6.45, 7) is 9.83. The van der Waals surface area contributed by atoms with E-state index in [-0.39, 0.29) is 0 Å². The van der Waals surface area contributed by atoms with Crippen LogP contribution in [-0.2, 0) is 0 Å². The molecule has 4 aliphatic heterocycles. The molecule has 4 heterocycles. The van der Waals surface area contributed by atoms with Gasteiger partial charge < -0.3 is 9.80 Å². The highest BCUT2D eigenvalue weighted by Crippen LogP contribution is 2.32. The summed E-state index contributed by atoms with van der Waals surface area (Å²) in [5, 5.41) is 0. The van der Waals surface area contributed by atoms with Crippen molar-refractivity contribution >= 4 is 11.4 Å². The highest BCUT2D eigenvalue weighted by atomic mass is 15.1. The van der Waals surface area contributed by atoms with Gasteiger partial charge in [0, 0.05) is 37.6 Å². The van der Waals surface area contributed by atoms with Gasteiger partial charge in [0.1, 0.15) is 0 Å². The lowest BCUT2D eigenvalue weighted by Gasteiger charge is -2.31. The van der Waals surface area contributed by atoms with Gasteiger partial charge in [0.15, 0.2) is 0 Å². The van der Waals surface area contributed by atoms with Crippen molar-refractivity contribution in [2.75, 3.05) is 36.0 Å². The summed E-state index contributed by atoms with van der Waals surface area (Å²) in [6, 6.07) is 5.06. The minimum absolute atomic E-state index is 1.24. The number of hydrogen-bond donors (Lipinski definition) is 0. The van der Waals surface area contributed by atoms with E-state index in [0.717, 1.165) is 0 Å². The van der Waals surface area contributed by atoms with Crippen LogP contribution >= 0.6 is 0 Å². The SMILES string of the molecule is Cc1c2ccc(c1C)N1CCCCCCCCCCCCCCCCCCN2CCCCCCCCCCCCCCCCCC1. The molecule has 0 amide bonds. The van der Waals surface area contributed by atoms with E-state index in [1.165, 1.54) is 243 Å². The summed E-state index contributed by atoms with van der Waals surface area (Å²) in [5.41, 5.74) is 6.16. The van der Waals surface area contributed by atoms with Gasteiger partial charge in [-0.15, -0.1) is 0 Å². The largest absolute Gasteiger partial charge is 0.371 e. The fourth-order valence-corrected chi connectivity index (χ4v) is 8.34. The van der Waals surface area contributed by atoms with Crippen LogP contribution in [0.15, 0.2) is 12.1 Å². The molecule has 2 nitrogen and oxygen atoms in total. The Balaban J connectivity index is 1.71. The molecule has 266 valence electrons. The molecule has 46 heavy (non-hydrogen) atoms. The molecule has 1 aromatic rings. The Hall–Kier alpha value is -1.18. The summed E-state index contributed by atoms with van der Waals surface area (Å²) in [6.07, 6.45) is 46.0. The summed E-state index contributed by atoms with van der Waals surface area (Å²) < 4.78 is 0. The van der Waals surface area contributed by atoms with Crippen LogP contribution in [0.5, 0.6) is 0 Å². The second-order valence-corrected chi connectivity index (χ2v) is 15.6. The van der Waals surface area contributed by atoms with E-state index < -0.39 is 0 Å². The summed E-state index contributed by atoms with van der Waals surface area (Å²) in [4.78, 5) is 5.60. The molecular formula is C44H80N2. The van der Waals surface area contributed by atoms with Crippen LogP contribution in [0.3, 0.4) is 0 Å². The minimum atomic E-state index is 1.24. The molecule has 0 atom stereocenters. The van der Waals surface area contributed by atoms with Gasteiger partial charge in [-0.05, 0) is 62.8 Å². The molecule has 0 fully saturated rings. The van der Waals surface area contributed by atoms with Gasteiger partial charge in [0.25, 0.3) is 0 Å². The summed E-state index contributed by atoms with van der Waals surface area (Å²) in [7, 11) is 0. The fraction of sp³-hybridized carbons (Fsp3) is 0.864. The number of anilines is 2. The molecule has 0 radical (unpaired) electrons. The van der Waals surface area contributed by atoms with Crippen LogP contribution in [-0.4, -0.2) is 26.2 Å². The second kappa shape index (κ2) is 26.7. The van der Waals surface area contributed by atoms with Crippen LogP contribution in [0.2, 0.25) is 0 Å². The number of benzene rings is 1. The predicted octanol–water partition coefficient (Wildman–Crippen LogP) is 14.4. The zero-order valence-corrected chi connectivity index (χ0v) is 31.5. The third kappa shape index (κ3) is 17.3. The van der Waals surface area contributed by atoms with Crippen LogP contribution in [0.1, 0.15) is 217 Å². The molecule has 4 bridgehead atoms. The van der Waals surface area contributed by atoms with Gasteiger partial charge in [0.05, 0.1) is 0 Å². The zero-order valence-electron chi connectivity index (χ0n) is 31.5. The van der Waals surface area contributed by atoms with Crippen molar-refractivity contribution in [1.29, 1.82) is 0 Å². The van der Waals surface area contributed by atoms with Gasteiger partial charge >= 0.3 is 0 Å². The van der Waals surface area contributed by atoms with Crippen molar-refractivity contribution in [3.05, 3.63) is 23.3 Å². The molecule has 0 saturated carbocycles. The molecule has 0 aromatic heterocycles. The topological polar surface area (TPSA) is 6.48 Å². The van der Waals surface area contributed by atoms with Crippen molar-refractivity contribution in [2.24, 2.45) is 0 Å². The van der Waals surface area contributed by atoms with E-state index in [1.54, 1.807) is 11.1 Å². The van der Waals surface area contributed by atoms with E-state index in [2.05, 4.69) is 35.8 Å². The molecule has 0 unspecified atom stereocenters. The average Bonchev–Trinajstić information content (AvgIpc) is 3.06. The van der Waals surface area contributed by atoms with Gasteiger partial charge in [-0.1, -0.05) is 180 Å². The molecule has 5 rings (SSSR count). The third-order valence-corrected chi connectivity index (χ3v) is 11.6. The molecule has 0 spiro atoms. The van der Waals surface area contributed by atoms with Gasteiger partial charge in [-0.25, -0.2) is 0 Å². The number of nitrogens with zero attached hydrogens (tertiary/aromatic N) is 2. The Bertz CT molecular complexity index is 738. The maximum Gasteiger partial charge on any atom is 0.0400 e. The van der Waals surface area contributed by atoms with E-state index >= 15 is 0 Å². The lowest BCUT2D eigenvalue weighted by atomic mass is 10.0. The van der Waals surface area contributed by atoms with Crippen LogP contribution < -0.4 is 9.80 Å². The maximum absolute atomic E-state index is 2.80. The monoisotopic (exact) mass is 637 g/mol. The van der Waals surface area contributed by atoms with E-state index in [0.29, 0.717) is 0 Å².